The second kappa shape index (κ2) is 8.02. The van der Waals surface area contributed by atoms with Gasteiger partial charge in [0.25, 0.3) is 6.43 Å². The summed E-state index contributed by atoms with van der Waals surface area (Å²) in [5, 5.41) is 11.2. The molecule has 1 aromatic heterocycles. The third-order valence-corrected chi connectivity index (χ3v) is 2.14. The van der Waals surface area contributed by atoms with Crippen molar-refractivity contribution in [1.82, 2.24) is 20.2 Å². The van der Waals surface area contributed by atoms with Gasteiger partial charge in [-0.2, -0.15) is 0 Å². The summed E-state index contributed by atoms with van der Waals surface area (Å²) < 4.78 is 30.0. The Morgan fingerprint density at radius 2 is 2.18 bits per heavy atom. The van der Waals surface area contributed by atoms with Crippen molar-refractivity contribution in [2.75, 3.05) is 19.8 Å². The summed E-state index contributed by atoms with van der Waals surface area (Å²) in [6.07, 6.45) is -0.203. The highest BCUT2D eigenvalue weighted by atomic mass is 19.3. The van der Waals surface area contributed by atoms with E-state index >= 15 is 0 Å². The maximum atomic E-state index is 11.8. The van der Waals surface area contributed by atoms with E-state index in [9.17, 15) is 8.78 Å². The van der Waals surface area contributed by atoms with E-state index < -0.39 is 13.0 Å². The third kappa shape index (κ3) is 5.64. The molecule has 0 aliphatic heterocycles. The van der Waals surface area contributed by atoms with Crippen LogP contribution in [-0.4, -0.2) is 46.4 Å². The van der Waals surface area contributed by atoms with Crippen LogP contribution in [0.1, 0.15) is 18.7 Å². The zero-order valence-corrected chi connectivity index (χ0v) is 9.56. The van der Waals surface area contributed by atoms with E-state index in [2.05, 4.69) is 15.5 Å². The Bertz CT molecular complexity index is 307. The maximum absolute atomic E-state index is 11.8. The summed E-state index contributed by atoms with van der Waals surface area (Å²) in [5.41, 5.74) is 5.38. The Morgan fingerprint density at radius 3 is 2.88 bits per heavy atom. The average molecular weight is 249 g/mol. The highest BCUT2D eigenvalue weighted by Gasteiger charge is 2.07. The van der Waals surface area contributed by atoms with Gasteiger partial charge in [-0.25, -0.2) is 13.5 Å². The number of hydrogen-bond donors (Lipinski definition) is 1. The summed E-state index contributed by atoms with van der Waals surface area (Å²) in [4.78, 5) is 0. The second-order valence-electron chi connectivity index (χ2n) is 3.53. The second-order valence-corrected chi connectivity index (χ2v) is 3.53. The molecule has 0 amide bonds. The van der Waals surface area contributed by atoms with Gasteiger partial charge in [-0.1, -0.05) is 0 Å². The van der Waals surface area contributed by atoms with Crippen LogP contribution in [0.2, 0.25) is 0 Å². The number of tetrazole rings is 1. The number of aryl methyl sites for hydroxylation is 1. The molecule has 0 fully saturated rings. The molecule has 1 aromatic rings. The summed E-state index contributed by atoms with van der Waals surface area (Å²) in [6, 6.07) is 0. The molecule has 0 unspecified atom stereocenters. The van der Waals surface area contributed by atoms with Gasteiger partial charge in [-0.15, -0.1) is 5.10 Å². The summed E-state index contributed by atoms with van der Waals surface area (Å²) in [6.45, 7) is 0.972. The lowest BCUT2D eigenvalue weighted by Gasteiger charge is -2.04. The Hall–Kier alpha value is -1.15. The molecular weight excluding hydrogens is 232 g/mol. The van der Waals surface area contributed by atoms with Gasteiger partial charge in [0, 0.05) is 13.0 Å². The molecule has 0 radical (unpaired) electrons. The van der Waals surface area contributed by atoms with Gasteiger partial charge in [-0.3, -0.25) is 0 Å². The van der Waals surface area contributed by atoms with Gasteiger partial charge in [-0.05, 0) is 29.8 Å². The van der Waals surface area contributed by atoms with Crippen LogP contribution in [0, 0.1) is 0 Å². The number of aromatic nitrogens is 4. The minimum Gasteiger partial charge on any atom is -0.375 e. The van der Waals surface area contributed by atoms with E-state index in [0.29, 0.717) is 25.3 Å². The number of halogens is 2. The number of alkyl halides is 2. The molecule has 6 nitrogen and oxygen atoms in total. The fraction of sp³-hybridized carbons (Fsp3) is 0.889. The number of nitrogens with two attached hydrogens (primary N) is 1. The molecule has 0 bridgehead atoms. The zero-order chi connectivity index (χ0) is 12.5. The van der Waals surface area contributed by atoms with Crippen molar-refractivity contribution in [3.05, 3.63) is 5.82 Å². The van der Waals surface area contributed by atoms with Gasteiger partial charge in [0.05, 0.1) is 6.61 Å². The Morgan fingerprint density at radius 1 is 1.35 bits per heavy atom. The lowest BCUT2D eigenvalue weighted by Crippen LogP contribution is -2.12. The van der Waals surface area contributed by atoms with Gasteiger partial charge >= 0.3 is 0 Å². The van der Waals surface area contributed by atoms with Gasteiger partial charge in [0.2, 0.25) is 0 Å². The molecule has 0 aliphatic carbocycles. The SMILES string of the molecule is NCCCCn1nnnc1CCOCC(F)F. The largest absolute Gasteiger partial charge is 0.375 e. The highest BCUT2D eigenvalue weighted by Crippen LogP contribution is 1.99. The van der Waals surface area contributed by atoms with E-state index in [1.807, 2.05) is 0 Å². The molecule has 0 saturated heterocycles. The van der Waals surface area contributed by atoms with E-state index in [1.54, 1.807) is 4.68 Å². The summed E-state index contributed by atoms with van der Waals surface area (Å²) in [5.74, 6) is 0.649. The topological polar surface area (TPSA) is 78.9 Å². The monoisotopic (exact) mass is 249 g/mol. The van der Waals surface area contributed by atoms with Crippen molar-refractivity contribution in [2.24, 2.45) is 5.73 Å². The number of rotatable bonds is 9. The van der Waals surface area contributed by atoms with Crippen LogP contribution >= 0.6 is 0 Å². The Labute approximate surface area is 98.1 Å². The number of unbranched alkanes of at least 4 members (excludes halogenated alkanes) is 1. The normalized spacial score (nSPS) is 11.3. The molecule has 1 rings (SSSR count). The predicted molar refractivity (Wildman–Crippen MR) is 56.6 cm³/mol. The van der Waals surface area contributed by atoms with Crippen molar-refractivity contribution in [1.29, 1.82) is 0 Å². The lowest BCUT2D eigenvalue weighted by molar-refractivity contribution is 0.0180. The van der Waals surface area contributed by atoms with Crippen molar-refractivity contribution < 1.29 is 13.5 Å². The predicted octanol–water partition coefficient (Wildman–Crippen LogP) is 0.236. The van der Waals surface area contributed by atoms with Crippen LogP contribution in [-0.2, 0) is 17.7 Å². The summed E-state index contributed by atoms with van der Waals surface area (Å²) in [7, 11) is 0. The smallest absolute Gasteiger partial charge is 0.261 e. The van der Waals surface area contributed by atoms with Crippen LogP contribution in [0.5, 0.6) is 0 Å². The van der Waals surface area contributed by atoms with Crippen LogP contribution in [0.4, 0.5) is 8.78 Å². The molecular formula is C9H17F2N5O. The van der Waals surface area contributed by atoms with E-state index in [0.717, 1.165) is 12.8 Å². The number of hydrogen-bond acceptors (Lipinski definition) is 5. The minimum absolute atomic E-state index is 0.196. The van der Waals surface area contributed by atoms with Gasteiger partial charge in [0.1, 0.15) is 6.61 Å². The molecule has 0 aromatic carbocycles. The van der Waals surface area contributed by atoms with Crippen molar-refractivity contribution >= 4 is 0 Å². The fourth-order valence-corrected chi connectivity index (χ4v) is 1.32. The molecule has 17 heavy (non-hydrogen) atoms. The van der Waals surface area contributed by atoms with Crippen LogP contribution in [0.3, 0.4) is 0 Å². The van der Waals surface area contributed by atoms with E-state index in [-0.39, 0.29) is 6.61 Å². The Balaban J connectivity index is 2.25. The van der Waals surface area contributed by atoms with E-state index in [4.69, 9.17) is 10.5 Å². The molecule has 8 heteroatoms. The zero-order valence-electron chi connectivity index (χ0n) is 9.56. The van der Waals surface area contributed by atoms with Crippen molar-refractivity contribution in [3.8, 4) is 0 Å². The number of ether oxygens (including phenoxy) is 1. The molecule has 98 valence electrons. The van der Waals surface area contributed by atoms with Crippen molar-refractivity contribution in [3.63, 3.8) is 0 Å². The Kier molecular flexibility index (Phi) is 6.56. The first-order chi connectivity index (χ1) is 8.24. The first-order valence-corrected chi connectivity index (χ1v) is 5.55. The van der Waals surface area contributed by atoms with Crippen LogP contribution in [0.25, 0.3) is 0 Å². The highest BCUT2D eigenvalue weighted by molar-refractivity contribution is 4.80. The van der Waals surface area contributed by atoms with Gasteiger partial charge in [0.15, 0.2) is 5.82 Å². The minimum atomic E-state index is -2.43. The standard InChI is InChI=1S/C9H17F2N5O/c10-8(11)7-17-6-3-9-13-14-15-16(9)5-2-1-4-12/h8H,1-7,12H2. The van der Waals surface area contributed by atoms with Crippen molar-refractivity contribution in [2.45, 2.75) is 32.2 Å². The van der Waals surface area contributed by atoms with Crippen LogP contribution < -0.4 is 5.73 Å². The van der Waals surface area contributed by atoms with E-state index in [1.165, 1.54) is 0 Å². The molecule has 0 aliphatic rings. The first-order valence-electron chi connectivity index (χ1n) is 5.55. The average Bonchev–Trinajstić information content (AvgIpc) is 2.72. The number of nitrogens with zero attached hydrogens (tertiary/aromatic N) is 4. The molecule has 0 spiro atoms. The van der Waals surface area contributed by atoms with Crippen LogP contribution in [0.15, 0.2) is 0 Å². The molecule has 0 saturated carbocycles. The maximum Gasteiger partial charge on any atom is 0.261 e. The molecule has 2 N–H and O–H groups in total. The lowest BCUT2D eigenvalue weighted by atomic mass is 10.3. The quantitative estimate of drug-likeness (QED) is 0.634. The fourth-order valence-electron chi connectivity index (χ4n) is 1.32. The third-order valence-electron chi connectivity index (χ3n) is 2.14. The first kappa shape index (κ1) is 13.9. The van der Waals surface area contributed by atoms with Gasteiger partial charge < -0.3 is 10.5 Å². The summed E-state index contributed by atoms with van der Waals surface area (Å²) >= 11 is 0. The molecule has 0 atom stereocenters. The molecule has 1 heterocycles.